The first-order chi connectivity index (χ1) is 11.2. The average Bonchev–Trinajstić information content (AvgIpc) is 2.59. The standard InChI is InChI=1S/C20H15IO2/c21-17-11-13-18(14-12-17)23-20(22)19(15-7-3-1-4-8-15)16-9-5-2-6-10-16/h1-14,19H. The van der Waals surface area contributed by atoms with Crippen LogP contribution in [0.2, 0.25) is 0 Å². The molecule has 0 saturated heterocycles. The zero-order chi connectivity index (χ0) is 16.1. The van der Waals surface area contributed by atoms with E-state index in [0.717, 1.165) is 14.7 Å². The van der Waals surface area contributed by atoms with Crippen molar-refractivity contribution in [1.82, 2.24) is 0 Å². The van der Waals surface area contributed by atoms with Crippen molar-refractivity contribution >= 4 is 28.6 Å². The van der Waals surface area contributed by atoms with Gasteiger partial charge >= 0.3 is 5.97 Å². The highest BCUT2D eigenvalue weighted by atomic mass is 127. The van der Waals surface area contributed by atoms with Gasteiger partial charge in [-0.1, -0.05) is 60.7 Å². The minimum Gasteiger partial charge on any atom is -0.426 e. The fraction of sp³-hybridized carbons (Fsp3) is 0.0500. The molecular formula is C20H15IO2. The van der Waals surface area contributed by atoms with Crippen LogP contribution in [0.25, 0.3) is 0 Å². The summed E-state index contributed by atoms with van der Waals surface area (Å²) in [7, 11) is 0. The molecule has 114 valence electrons. The summed E-state index contributed by atoms with van der Waals surface area (Å²) in [5.74, 6) is -0.146. The Bertz CT molecular complexity index is 728. The maximum Gasteiger partial charge on any atom is 0.323 e. The van der Waals surface area contributed by atoms with Gasteiger partial charge < -0.3 is 4.74 Å². The molecule has 0 bridgehead atoms. The second kappa shape index (κ2) is 7.42. The lowest BCUT2D eigenvalue weighted by Crippen LogP contribution is -2.20. The molecule has 0 unspecified atom stereocenters. The number of carbonyl (C=O) groups excluding carboxylic acids is 1. The smallest absolute Gasteiger partial charge is 0.323 e. The Morgan fingerprint density at radius 1 is 0.739 bits per heavy atom. The van der Waals surface area contributed by atoms with E-state index in [9.17, 15) is 4.79 Å². The molecule has 0 spiro atoms. The van der Waals surface area contributed by atoms with Gasteiger partial charge in [-0.2, -0.15) is 0 Å². The molecule has 0 N–H and O–H groups in total. The molecule has 2 nitrogen and oxygen atoms in total. The molecule has 0 radical (unpaired) electrons. The Balaban J connectivity index is 1.92. The van der Waals surface area contributed by atoms with Crippen LogP contribution in [0.1, 0.15) is 17.0 Å². The zero-order valence-electron chi connectivity index (χ0n) is 12.4. The van der Waals surface area contributed by atoms with Crippen LogP contribution >= 0.6 is 22.6 Å². The minimum absolute atomic E-state index is 0.274. The molecule has 3 heteroatoms. The van der Waals surface area contributed by atoms with E-state index in [-0.39, 0.29) is 5.97 Å². The van der Waals surface area contributed by atoms with Gasteiger partial charge in [0.25, 0.3) is 0 Å². The lowest BCUT2D eigenvalue weighted by atomic mass is 9.91. The number of hydrogen-bond donors (Lipinski definition) is 0. The van der Waals surface area contributed by atoms with Crippen molar-refractivity contribution in [2.75, 3.05) is 0 Å². The highest BCUT2D eigenvalue weighted by Gasteiger charge is 2.24. The molecule has 0 saturated carbocycles. The van der Waals surface area contributed by atoms with E-state index < -0.39 is 5.92 Å². The van der Waals surface area contributed by atoms with Crippen molar-refractivity contribution in [2.24, 2.45) is 0 Å². The van der Waals surface area contributed by atoms with Crippen molar-refractivity contribution in [3.8, 4) is 5.75 Å². The van der Waals surface area contributed by atoms with Crippen LogP contribution in [0.3, 0.4) is 0 Å². The summed E-state index contributed by atoms with van der Waals surface area (Å²) in [5, 5.41) is 0. The lowest BCUT2D eigenvalue weighted by Gasteiger charge is -2.17. The molecule has 0 atom stereocenters. The first-order valence-electron chi connectivity index (χ1n) is 7.31. The number of rotatable bonds is 4. The fourth-order valence-corrected chi connectivity index (χ4v) is 2.79. The van der Waals surface area contributed by atoms with E-state index in [1.807, 2.05) is 84.9 Å². The van der Waals surface area contributed by atoms with E-state index in [1.54, 1.807) is 0 Å². The molecular weight excluding hydrogens is 399 g/mol. The van der Waals surface area contributed by atoms with Crippen LogP contribution in [0.4, 0.5) is 0 Å². The van der Waals surface area contributed by atoms with E-state index in [1.165, 1.54) is 0 Å². The van der Waals surface area contributed by atoms with E-state index in [0.29, 0.717) is 5.75 Å². The third-order valence-corrected chi connectivity index (χ3v) is 4.25. The van der Waals surface area contributed by atoms with Crippen molar-refractivity contribution in [3.63, 3.8) is 0 Å². The second-order valence-corrected chi connectivity index (χ2v) is 6.38. The van der Waals surface area contributed by atoms with Gasteiger partial charge in [0.2, 0.25) is 0 Å². The summed E-state index contributed by atoms with van der Waals surface area (Å²) < 4.78 is 6.70. The number of carbonyl (C=O) groups is 1. The maximum atomic E-state index is 12.8. The van der Waals surface area contributed by atoms with E-state index >= 15 is 0 Å². The fourth-order valence-electron chi connectivity index (χ4n) is 2.43. The predicted octanol–water partition coefficient (Wildman–Crippen LogP) is 5.03. The van der Waals surface area contributed by atoms with E-state index in [2.05, 4.69) is 22.6 Å². The van der Waals surface area contributed by atoms with Crippen LogP contribution in [-0.2, 0) is 4.79 Å². The van der Waals surface area contributed by atoms with Gasteiger partial charge in [-0.3, -0.25) is 4.79 Å². The van der Waals surface area contributed by atoms with Gasteiger partial charge in [0.1, 0.15) is 11.7 Å². The van der Waals surface area contributed by atoms with E-state index in [4.69, 9.17) is 4.74 Å². The number of esters is 1. The molecule has 0 aliphatic carbocycles. The maximum absolute atomic E-state index is 12.8. The van der Waals surface area contributed by atoms with Crippen LogP contribution in [0.5, 0.6) is 5.75 Å². The Morgan fingerprint density at radius 3 is 1.70 bits per heavy atom. The molecule has 3 aromatic carbocycles. The first kappa shape index (κ1) is 15.7. The van der Waals surface area contributed by atoms with Crippen LogP contribution in [-0.4, -0.2) is 5.97 Å². The molecule has 0 aliphatic heterocycles. The predicted molar refractivity (Wildman–Crippen MR) is 99.5 cm³/mol. The van der Waals surface area contributed by atoms with Crippen LogP contribution < -0.4 is 4.74 Å². The topological polar surface area (TPSA) is 26.3 Å². The third kappa shape index (κ3) is 3.99. The van der Waals surface area contributed by atoms with Gasteiger partial charge in [0, 0.05) is 3.57 Å². The van der Waals surface area contributed by atoms with Crippen LogP contribution in [0, 0.1) is 3.57 Å². The summed E-state index contributed by atoms with van der Waals surface area (Å²) >= 11 is 2.22. The summed E-state index contributed by atoms with van der Waals surface area (Å²) in [5.41, 5.74) is 1.85. The zero-order valence-corrected chi connectivity index (χ0v) is 14.5. The van der Waals surface area contributed by atoms with Crippen molar-refractivity contribution < 1.29 is 9.53 Å². The molecule has 0 amide bonds. The SMILES string of the molecule is O=C(Oc1ccc(I)cc1)C(c1ccccc1)c1ccccc1. The first-order valence-corrected chi connectivity index (χ1v) is 8.39. The molecule has 0 aliphatic rings. The Labute approximate surface area is 149 Å². The quantitative estimate of drug-likeness (QED) is 0.340. The summed E-state index contributed by atoms with van der Waals surface area (Å²) in [6, 6.07) is 26.9. The molecule has 23 heavy (non-hydrogen) atoms. The highest BCUT2D eigenvalue weighted by Crippen LogP contribution is 2.27. The summed E-state index contributed by atoms with van der Waals surface area (Å²) in [4.78, 5) is 12.8. The molecule has 3 aromatic rings. The van der Waals surface area contributed by atoms with Gasteiger partial charge in [-0.05, 0) is 58.0 Å². The normalized spacial score (nSPS) is 10.5. The van der Waals surface area contributed by atoms with Crippen molar-refractivity contribution in [3.05, 3.63) is 99.6 Å². The number of benzene rings is 3. The Morgan fingerprint density at radius 2 is 1.22 bits per heavy atom. The van der Waals surface area contributed by atoms with Gasteiger partial charge in [0.05, 0.1) is 0 Å². The summed E-state index contributed by atoms with van der Waals surface area (Å²) in [6.07, 6.45) is 0. The number of hydrogen-bond acceptors (Lipinski definition) is 2. The third-order valence-electron chi connectivity index (χ3n) is 3.53. The molecule has 3 rings (SSSR count). The highest BCUT2D eigenvalue weighted by molar-refractivity contribution is 14.1. The van der Waals surface area contributed by atoms with Gasteiger partial charge in [0.15, 0.2) is 0 Å². The number of ether oxygens (including phenoxy) is 1. The Hall–Kier alpha value is -2.14. The molecule has 0 fully saturated rings. The lowest BCUT2D eigenvalue weighted by molar-refractivity contribution is -0.135. The number of halogens is 1. The minimum atomic E-state index is -0.434. The Kier molecular flexibility index (Phi) is 5.08. The average molecular weight is 414 g/mol. The van der Waals surface area contributed by atoms with Crippen molar-refractivity contribution in [2.45, 2.75) is 5.92 Å². The summed E-state index contributed by atoms with van der Waals surface area (Å²) in [6.45, 7) is 0. The van der Waals surface area contributed by atoms with Gasteiger partial charge in [-0.25, -0.2) is 0 Å². The van der Waals surface area contributed by atoms with Gasteiger partial charge in [-0.15, -0.1) is 0 Å². The monoisotopic (exact) mass is 414 g/mol. The van der Waals surface area contributed by atoms with Crippen molar-refractivity contribution in [1.29, 1.82) is 0 Å². The largest absolute Gasteiger partial charge is 0.426 e. The second-order valence-electron chi connectivity index (χ2n) is 5.13. The molecule has 0 heterocycles. The molecule has 0 aromatic heterocycles. The van der Waals surface area contributed by atoms with Crippen LogP contribution in [0.15, 0.2) is 84.9 Å².